The zero-order valence-corrected chi connectivity index (χ0v) is 13.8. The van der Waals surface area contributed by atoms with Crippen LogP contribution in [0.5, 0.6) is 0 Å². The second kappa shape index (κ2) is 6.76. The second-order valence-electron chi connectivity index (χ2n) is 6.90. The van der Waals surface area contributed by atoms with Gasteiger partial charge < -0.3 is 19.7 Å². The highest BCUT2D eigenvalue weighted by molar-refractivity contribution is 5.75. The Morgan fingerprint density at radius 1 is 1.30 bits per heavy atom. The maximum Gasteiger partial charge on any atom is 0.318 e. The van der Waals surface area contributed by atoms with E-state index in [-0.39, 0.29) is 23.2 Å². The third-order valence-electron chi connectivity index (χ3n) is 3.86. The zero-order valence-electron chi connectivity index (χ0n) is 13.8. The zero-order chi connectivity index (χ0) is 15.4. The molecule has 0 saturated carbocycles. The van der Waals surface area contributed by atoms with Crippen LogP contribution >= 0.6 is 0 Å². The van der Waals surface area contributed by atoms with Gasteiger partial charge in [-0.25, -0.2) is 4.79 Å². The monoisotopic (exact) mass is 286 g/mol. The number of nitrogens with zero attached hydrogens (tertiary/aromatic N) is 1. The molecular formula is C15H30N2O3. The van der Waals surface area contributed by atoms with Gasteiger partial charge in [-0.3, -0.25) is 0 Å². The minimum Gasteiger partial charge on any atom is -0.383 e. The van der Waals surface area contributed by atoms with Crippen LogP contribution in [0.1, 0.15) is 47.0 Å². The molecule has 0 spiro atoms. The van der Waals surface area contributed by atoms with E-state index in [0.29, 0.717) is 6.61 Å². The summed E-state index contributed by atoms with van der Waals surface area (Å²) in [7, 11) is 3.38. The molecule has 0 aromatic heterocycles. The van der Waals surface area contributed by atoms with Crippen molar-refractivity contribution in [2.24, 2.45) is 0 Å². The van der Waals surface area contributed by atoms with Gasteiger partial charge in [0.1, 0.15) is 0 Å². The molecule has 1 aliphatic heterocycles. The first kappa shape index (κ1) is 17.2. The van der Waals surface area contributed by atoms with Gasteiger partial charge in [0.05, 0.1) is 18.2 Å². The third kappa shape index (κ3) is 4.94. The molecule has 20 heavy (non-hydrogen) atoms. The normalized spacial score (nSPS) is 20.3. The summed E-state index contributed by atoms with van der Waals surface area (Å²) >= 11 is 0. The molecule has 1 atom stereocenters. The van der Waals surface area contributed by atoms with E-state index in [1.165, 1.54) is 0 Å². The predicted octanol–water partition coefficient (Wildman–Crippen LogP) is 2.40. The largest absolute Gasteiger partial charge is 0.383 e. The van der Waals surface area contributed by atoms with Gasteiger partial charge in [0, 0.05) is 26.3 Å². The van der Waals surface area contributed by atoms with Gasteiger partial charge in [-0.1, -0.05) is 0 Å². The van der Waals surface area contributed by atoms with Crippen LogP contribution in [0.2, 0.25) is 0 Å². The Kier molecular flexibility index (Phi) is 5.83. The number of urea groups is 1. The maximum atomic E-state index is 12.4. The van der Waals surface area contributed by atoms with E-state index in [4.69, 9.17) is 9.47 Å². The molecule has 1 unspecified atom stereocenters. The average molecular weight is 286 g/mol. The lowest BCUT2D eigenvalue weighted by Gasteiger charge is -2.36. The van der Waals surface area contributed by atoms with Crippen molar-refractivity contribution < 1.29 is 14.3 Å². The van der Waals surface area contributed by atoms with Crippen LogP contribution in [0.15, 0.2) is 0 Å². The van der Waals surface area contributed by atoms with Crippen LogP contribution in [-0.2, 0) is 9.47 Å². The van der Waals surface area contributed by atoms with E-state index in [9.17, 15) is 4.79 Å². The molecule has 5 nitrogen and oxygen atoms in total. The molecule has 1 rings (SSSR count). The van der Waals surface area contributed by atoms with Crippen molar-refractivity contribution in [1.29, 1.82) is 0 Å². The van der Waals surface area contributed by atoms with Crippen molar-refractivity contribution >= 4 is 6.03 Å². The summed E-state index contributed by atoms with van der Waals surface area (Å²) in [6.07, 6.45) is 2.82. The molecule has 1 N–H and O–H groups in total. The SMILES string of the molecule is COCC1CCCN1C(=O)NC(C)(C)CC(C)(C)OC. The van der Waals surface area contributed by atoms with Gasteiger partial charge in [0.25, 0.3) is 0 Å². The van der Waals surface area contributed by atoms with Crippen LogP contribution in [-0.4, -0.2) is 55.5 Å². The van der Waals surface area contributed by atoms with E-state index in [2.05, 4.69) is 5.32 Å². The number of nitrogens with one attached hydrogen (secondary N) is 1. The molecule has 118 valence electrons. The summed E-state index contributed by atoms with van der Waals surface area (Å²) in [6.45, 7) is 9.55. The summed E-state index contributed by atoms with van der Waals surface area (Å²) < 4.78 is 10.6. The van der Waals surface area contributed by atoms with Crippen LogP contribution in [0.3, 0.4) is 0 Å². The van der Waals surface area contributed by atoms with E-state index in [0.717, 1.165) is 25.8 Å². The van der Waals surface area contributed by atoms with Crippen molar-refractivity contribution in [3.8, 4) is 0 Å². The first-order valence-electron chi connectivity index (χ1n) is 7.34. The smallest absolute Gasteiger partial charge is 0.318 e. The Hall–Kier alpha value is -0.810. The number of ether oxygens (including phenoxy) is 2. The van der Waals surface area contributed by atoms with Crippen LogP contribution in [0.4, 0.5) is 4.79 Å². The molecule has 0 aromatic carbocycles. The standard InChI is InChI=1S/C15H30N2O3/c1-14(2,11-15(3,4)20-6)16-13(18)17-9-7-8-12(17)10-19-5/h12H,7-11H2,1-6H3,(H,16,18). The molecule has 0 aromatic rings. The maximum absolute atomic E-state index is 12.4. The molecule has 5 heteroatoms. The fourth-order valence-electron chi connectivity index (χ4n) is 3.01. The van der Waals surface area contributed by atoms with Gasteiger partial charge in [-0.05, 0) is 47.0 Å². The molecule has 1 saturated heterocycles. The van der Waals surface area contributed by atoms with Gasteiger partial charge in [0.15, 0.2) is 0 Å². The third-order valence-corrected chi connectivity index (χ3v) is 3.86. The summed E-state index contributed by atoms with van der Waals surface area (Å²) in [4.78, 5) is 14.3. The number of carbonyl (C=O) groups is 1. The van der Waals surface area contributed by atoms with E-state index < -0.39 is 0 Å². The Bertz CT molecular complexity index is 329. The van der Waals surface area contributed by atoms with Crippen molar-refractivity contribution in [2.45, 2.75) is 64.1 Å². The highest BCUT2D eigenvalue weighted by Crippen LogP contribution is 2.24. The number of hydrogen-bond donors (Lipinski definition) is 1. The summed E-state index contributed by atoms with van der Waals surface area (Å²) in [5.74, 6) is 0. The summed E-state index contributed by atoms with van der Waals surface area (Å²) in [5, 5.41) is 3.13. The highest BCUT2D eigenvalue weighted by atomic mass is 16.5. The predicted molar refractivity (Wildman–Crippen MR) is 79.9 cm³/mol. The van der Waals surface area contributed by atoms with Crippen molar-refractivity contribution in [2.75, 3.05) is 27.4 Å². The average Bonchev–Trinajstić information content (AvgIpc) is 2.75. The number of methoxy groups -OCH3 is 2. The van der Waals surface area contributed by atoms with Gasteiger partial charge in [-0.15, -0.1) is 0 Å². The van der Waals surface area contributed by atoms with Crippen molar-refractivity contribution in [1.82, 2.24) is 10.2 Å². The molecule has 1 heterocycles. The van der Waals surface area contributed by atoms with Crippen LogP contribution < -0.4 is 5.32 Å². The fourth-order valence-corrected chi connectivity index (χ4v) is 3.01. The summed E-state index contributed by atoms with van der Waals surface area (Å²) in [6, 6.07) is 0.202. The van der Waals surface area contributed by atoms with Crippen LogP contribution in [0, 0.1) is 0 Å². The van der Waals surface area contributed by atoms with Crippen LogP contribution in [0.25, 0.3) is 0 Å². The number of likely N-dealkylation sites (tertiary alicyclic amines) is 1. The lowest BCUT2D eigenvalue weighted by molar-refractivity contribution is -0.00281. The number of hydrogen-bond acceptors (Lipinski definition) is 3. The first-order chi connectivity index (χ1) is 9.21. The van der Waals surface area contributed by atoms with Crippen molar-refractivity contribution in [3.05, 3.63) is 0 Å². The molecule has 0 radical (unpaired) electrons. The van der Waals surface area contributed by atoms with Gasteiger partial charge in [0.2, 0.25) is 0 Å². The molecule has 1 fully saturated rings. The van der Waals surface area contributed by atoms with E-state index in [1.807, 2.05) is 32.6 Å². The molecule has 0 aliphatic carbocycles. The van der Waals surface area contributed by atoms with Gasteiger partial charge >= 0.3 is 6.03 Å². The van der Waals surface area contributed by atoms with Gasteiger partial charge in [-0.2, -0.15) is 0 Å². The quantitative estimate of drug-likeness (QED) is 0.815. The minimum absolute atomic E-state index is 0.00135. The Morgan fingerprint density at radius 2 is 1.95 bits per heavy atom. The minimum atomic E-state index is -0.309. The lowest BCUT2D eigenvalue weighted by Crippen LogP contribution is -2.54. The fraction of sp³-hybridized carbons (Fsp3) is 0.933. The van der Waals surface area contributed by atoms with Crippen molar-refractivity contribution in [3.63, 3.8) is 0 Å². The molecule has 0 bridgehead atoms. The number of amides is 2. The number of carbonyl (C=O) groups excluding carboxylic acids is 1. The molecule has 1 aliphatic rings. The molecule has 2 amide bonds. The van der Waals surface area contributed by atoms with E-state index >= 15 is 0 Å². The highest BCUT2D eigenvalue weighted by Gasteiger charge is 2.34. The van der Waals surface area contributed by atoms with E-state index in [1.54, 1.807) is 14.2 Å². The Labute approximate surface area is 123 Å². The second-order valence-corrected chi connectivity index (χ2v) is 6.90. The Morgan fingerprint density at radius 3 is 2.50 bits per heavy atom. The molecular weight excluding hydrogens is 256 g/mol. The Balaban J connectivity index is 2.60. The summed E-state index contributed by atoms with van der Waals surface area (Å²) in [5.41, 5.74) is -0.565. The number of rotatable bonds is 6. The first-order valence-corrected chi connectivity index (χ1v) is 7.34. The lowest BCUT2D eigenvalue weighted by atomic mass is 9.89. The topological polar surface area (TPSA) is 50.8 Å².